The van der Waals surface area contributed by atoms with Crippen molar-refractivity contribution in [3.05, 3.63) is 65.7 Å². The van der Waals surface area contributed by atoms with E-state index < -0.39 is 6.04 Å². The predicted octanol–water partition coefficient (Wildman–Crippen LogP) is 4.14. The molecule has 2 unspecified atom stereocenters. The van der Waals surface area contributed by atoms with Gasteiger partial charge in [-0.25, -0.2) is 4.79 Å². The van der Waals surface area contributed by atoms with E-state index in [1.54, 1.807) is 4.90 Å². The maximum atomic E-state index is 13.1. The van der Waals surface area contributed by atoms with E-state index in [1.165, 1.54) is 0 Å². The van der Waals surface area contributed by atoms with Gasteiger partial charge in [-0.2, -0.15) is 4.98 Å². The fraction of sp³-hybridized carbons (Fsp3) is 0.320. The van der Waals surface area contributed by atoms with E-state index in [1.807, 2.05) is 55.5 Å². The van der Waals surface area contributed by atoms with Crippen molar-refractivity contribution < 1.29 is 23.5 Å². The Balaban J connectivity index is 1.40. The summed E-state index contributed by atoms with van der Waals surface area (Å²) in [6, 6.07) is 14.7. The largest absolute Gasteiger partial charge is 0.454 e. The van der Waals surface area contributed by atoms with Crippen molar-refractivity contribution in [3.63, 3.8) is 0 Å². The van der Waals surface area contributed by atoms with Gasteiger partial charge in [0, 0.05) is 17.9 Å². The number of carbonyl (C=O) groups is 1. The Kier molecular flexibility index (Phi) is 5.18. The van der Waals surface area contributed by atoms with E-state index in [4.69, 9.17) is 23.7 Å². The number of ether oxygens (including phenoxy) is 3. The summed E-state index contributed by atoms with van der Waals surface area (Å²) in [6.07, 6.45) is 1.95. The Morgan fingerprint density at radius 1 is 1.12 bits per heavy atom. The molecule has 1 N–H and O–H groups in total. The Bertz CT molecular complexity index is 1250. The van der Waals surface area contributed by atoms with Crippen LogP contribution in [0.5, 0.6) is 11.5 Å². The number of fused-ring (bicyclic) bond motifs is 1. The molecule has 9 heteroatoms. The fourth-order valence-electron chi connectivity index (χ4n) is 4.65. The second kappa shape index (κ2) is 8.49. The monoisotopic (exact) mass is 460 g/mol. The van der Waals surface area contributed by atoms with Gasteiger partial charge < -0.3 is 24.1 Å². The van der Waals surface area contributed by atoms with E-state index in [0.29, 0.717) is 29.8 Å². The molecule has 2 atom stereocenters. The number of hydrogen-bond donors (Lipinski definition) is 1. The smallest absolute Gasteiger partial charge is 0.322 e. The predicted molar refractivity (Wildman–Crippen MR) is 122 cm³/mol. The molecule has 0 aliphatic carbocycles. The Hall–Kier alpha value is -3.85. The van der Waals surface area contributed by atoms with Crippen LogP contribution in [0.1, 0.15) is 37.3 Å². The second-order valence-corrected chi connectivity index (χ2v) is 8.53. The van der Waals surface area contributed by atoms with Gasteiger partial charge in [-0.3, -0.25) is 4.90 Å². The third kappa shape index (κ3) is 3.67. The minimum absolute atomic E-state index is 0.0158. The molecule has 1 aromatic heterocycles. The van der Waals surface area contributed by atoms with Gasteiger partial charge in [0.2, 0.25) is 12.6 Å². The molecule has 3 aromatic rings. The molecule has 9 nitrogen and oxygen atoms in total. The standard InChI is InChI=1S/C25H24N4O5/c1-15-21(24-27-23(28-34-24)17-9-10-19-20(12-17)33-14-32-19)22(16-6-3-2-4-7-16)26-25(30)29(15)13-18-8-5-11-31-18/h2-4,6-7,9-10,12,18,22H,5,8,11,13-14H2,1H3,(H,26,30). The summed E-state index contributed by atoms with van der Waals surface area (Å²) in [5.41, 5.74) is 3.23. The van der Waals surface area contributed by atoms with Crippen LogP contribution in [0.2, 0.25) is 0 Å². The van der Waals surface area contributed by atoms with Crippen molar-refractivity contribution in [1.82, 2.24) is 20.4 Å². The molecule has 2 amide bonds. The summed E-state index contributed by atoms with van der Waals surface area (Å²) < 4.78 is 22.4. The maximum absolute atomic E-state index is 13.1. The van der Waals surface area contributed by atoms with Crippen LogP contribution in [0.15, 0.2) is 58.8 Å². The van der Waals surface area contributed by atoms with Crippen LogP contribution in [-0.2, 0) is 4.74 Å². The molecule has 0 spiro atoms. The van der Waals surface area contributed by atoms with Gasteiger partial charge in [-0.15, -0.1) is 0 Å². The van der Waals surface area contributed by atoms with Crippen molar-refractivity contribution in [1.29, 1.82) is 0 Å². The number of urea groups is 1. The zero-order valence-corrected chi connectivity index (χ0v) is 18.7. The Morgan fingerprint density at radius 3 is 2.79 bits per heavy atom. The average molecular weight is 460 g/mol. The minimum atomic E-state index is -0.417. The molecule has 3 aliphatic heterocycles. The highest BCUT2D eigenvalue weighted by molar-refractivity contribution is 5.87. The second-order valence-electron chi connectivity index (χ2n) is 8.53. The molecule has 6 rings (SSSR count). The molecular formula is C25H24N4O5. The lowest BCUT2D eigenvalue weighted by Crippen LogP contribution is -2.48. The number of rotatable bonds is 5. The highest BCUT2D eigenvalue weighted by atomic mass is 16.7. The summed E-state index contributed by atoms with van der Waals surface area (Å²) in [5.74, 6) is 2.13. The van der Waals surface area contributed by atoms with Crippen LogP contribution in [0.25, 0.3) is 17.0 Å². The van der Waals surface area contributed by atoms with Gasteiger partial charge in [-0.1, -0.05) is 35.5 Å². The molecule has 174 valence electrons. The van der Waals surface area contributed by atoms with Crippen LogP contribution in [-0.4, -0.2) is 47.1 Å². The summed E-state index contributed by atoms with van der Waals surface area (Å²) in [7, 11) is 0. The van der Waals surface area contributed by atoms with Gasteiger partial charge in [0.05, 0.1) is 24.3 Å². The van der Waals surface area contributed by atoms with Crippen LogP contribution in [0.3, 0.4) is 0 Å². The Morgan fingerprint density at radius 2 is 1.97 bits per heavy atom. The minimum Gasteiger partial charge on any atom is -0.454 e. The summed E-state index contributed by atoms with van der Waals surface area (Å²) >= 11 is 0. The van der Waals surface area contributed by atoms with Crippen molar-refractivity contribution in [2.45, 2.75) is 31.9 Å². The molecule has 4 heterocycles. The number of allylic oxidation sites excluding steroid dienone is 1. The van der Waals surface area contributed by atoms with Crippen LogP contribution in [0, 0.1) is 0 Å². The zero-order chi connectivity index (χ0) is 23.1. The Labute approximate surface area is 196 Å². The quantitative estimate of drug-likeness (QED) is 0.611. The van der Waals surface area contributed by atoms with Gasteiger partial charge in [0.1, 0.15) is 0 Å². The number of benzene rings is 2. The van der Waals surface area contributed by atoms with Crippen molar-refractivity contribution in [2.75, 3.05) is 19.9 Å². The average Bonchev–Trinajstić information content (AvgIpc) is 3.63. The lowest BCUT2D eigenvalue weighted by molar-refractivity contribution is 0.0877. The first-order valence-electron chi connectivity index (χ1n) is 11.4. The van der Waals surface area contributed by atoms with Gasteiger partial charge in [0.15, 0.2) is 11.5 Å². The lowest BCUT2D eigenvalue weighted by atomic mass is 9.94. The van der Waals surface area contributed by atoms with E-state index in [-0.39, 0.29) is 18.9 Å². The van der Waals surface area contributed by atoms with E-state index >= 15 is 0 Å². The van der Waals surface area contributed by atoms with E-state index in [9.17, 15) is 4.79 Å². The third-order valence-corrected chi connectivity index (χ3v) is 6.43. The summed E-state index contributed by atoms with van der Waals surface area (Å²) in [6.45, 7) is 3.32. The van der Waals surface area contributed by atoms with Gasteiger partial charge in [-0.05, 0) is 43.5 Å². The SMILES string of the molecule is CC1=C(c2nc(-c3ccc4c(c3)OCO4)no2)C(c2ccccc2)NC(=O)N1CC1CCCO1. The highest BCUT2D eigenvalue weighted by Crippen LogP contribution is 2.39. The normalized spacial score (nSPS) is 21.8. The van der Waals surface area contributed by atoms with Gasteiger partial charge >= 0.3 is 6.03 Å². The lowest BCUT2D eigenvalue weighted by Gasteiger charge is -2.36. The first-order valence-corrected chi connectivity index (χ1v) is 11.4. The van der Waals surface area contributed by atoms with Gasteiger partial charge in [0.25, 0.3) is 5.89 Å². The topological polar surface area (TPSA) is 98.9 Å². The number of amides is 2. The molecule has 1 fully saturated rings. The molecule has 1 saturated heterocycles. The molecule has 0 saturated carbocycles. The number of aromatic nitrogens is 2. The van der Waals surface area contributed by atoms with Crippen molar-refractivity contribution in [3.8, 4) is 22.9 Å². The number of nitrogens with zero attached hydrogens (tertiary/aromatic N) is 3. The molecule has 2 aromatic carbocycles. The number of carbonyl (C=O) groups excluding carboxylic acids is 1. The maximum Gasteiger partial charge on any atom is 0.322 e. The fourth-order valence-corrected chi connectivity index (χ4v) is 4.65. The zero-order valence-electron chi connectivity index (χ0n) is 18.7. The number of hydrogen-bond acceptors (Lipinski definition) is 7. The van der Waals surface area contributed by atoms with Crippen LogP contribution < -0.4 is 14.8 Å². The third-order valence-electron chi connectivity index (χ3n) is 6.43. The van der Waals surface area contributed by atoms with Crippen molar-refractivity contribution >= 4 is 11.6 Å². The molecule has 0 bridgehead atoms. The molecule has 0 radical (unpaired) electrons. The van der Waals surface area contributed by atoms with Crippen LogP contribution in [0.4, 0.5) is 4.79 Å². The van der Waals surface area contributed by atoms with E-state index in [0.717, 1.165) is 41.8 Å². The van der Waals surface area contributed by atoms with Crippen molar-refractivity contribution in [2.24, 2.45) is 0 Å². The molecule has 34 heavy (non-hydrogen) atoms. The summed E-state index contributed by atoms with van der Waals surface area (Å²) in [4.78, 5) is 19.5. The first-order chi connectivity index (χ1) is 16.7. The molecule has 3 aliphatic rings. The first kappa shape index (κ1) is 20.7. The van der Waals surface area contributed by atoms with Crippen LogP contribution >= 0.6 is 0 Å². The number of nitrogens with one attached hydrogen (secondary N) is 1. The molecular weight excluding hydrogens is 436 g/mol. The summed E-state index contributed by atoms with van der Waals surface area (Å²) in [5, 5.41) is 7.35. The highest BCUT2D eigenvalue weighted by Gasteiger charge is 2.37. The van der Waals surface area contributed by atoms with E-state index in [2.05, 4.69) is 10.5 Å².